The number of anilines is 2. The van der Waals surface area contributed by atoms with E-state index in [0.717, 1.165) is 10.6 Å². The predicted octanol–water partition coefficient (Wildman–Crippen LogP) is 4.19. The molecule has 0 unspecified atom stereocenters. The largest absolute Gasteiger partial charge is 0.497 e. The molecule has 0 radical (unpaired) electrons. The first-order chi connectivity index (χ1) is 14.5. The summed E-state index contributed by atoms with van der Waals surface area (Å²) < 4.78 is 10.6. The Hall–Kier alpha value is -3.58. The van der Waals surface area contributed by atoms with Crippen molar-refractivity contribution in [2.75, 3.05) is 31.1 Å². The molecule has 0 atom stereocenters. The highest BCUT2D eigenvalue weighted by Gasteiger charge is 2.42. The van der Waals surface area contributed by atoms with Crippen LogP contribution in [0.25, 0.3) is 5.57 Å². The number of methoxy groups -OCH3 is 2. The van der Waals surface area contributed by atoms with Crippen LogP contribution in [0.2, 0.25) is 0 Å². The molecular formula is C23H20N2O4S. The molecular weight excluding hydrogens is 400 g/mol. The van der Waals surface area contributed by atoms with E-state index in [-0.39, 0.29) is 5.91 Å². The number of hydrogen-bond donors (Lipinski definition) is 0. The van der Waals surface area contributed by atoms with Crippen LogP contribution in [-0.4, -0.2) is 33.1 Å². The van der Waals surface area contributed by atoms with Gasteiger partial charge >= 0.3 is 0 Å². The number of imide groups is 1. The fourth-order valence-electron chi connectivity index (χ4n) is 3.41. The number of thiophene rings is 1. The second-order valence-electron chi connectivity index (χ2n) is 6.61. The van der Waals surface area contributed by atoms with Gasteiger partial charge in [0.1, 0.15) is 17.2 Å². The molecule has 0 N–H and O–H groups in total. The second-order valence-corrected chi connectivity index (χ2v) is 7.56. The van der Waals surface area contributed by atoms with E-state index in [1.807, 2.05) is 47.8 Å². The SMILES string of the molecule is COc1cc(OC)cc(N2C(=O)C(c3cccs3)=C(N(C)c3ccccc3)C2=O)c1. The molecule has 1 aliphatic rings. The average molecular weight is 420 g/mol. The number of ether oxygens (including phenoxy) is 2. The zero-order valence-electron chi connectivity index (χ0n) is 16.8. The summed E-state index contributed by atoms with van der Waals surface area (Å²) in [6.07, 6.45) is 0. The molecule has 0 bridgehead atoms. The molecule has 30 heavy (non-hydrogen) atoms. The lowest BCUT2D eigenvalue weighted by Gasteiger charge is -2.22. The topological polar surface area (TPSA) is 59.1 Å². The minimum atomic E-state index is -0.398. The van der Waals surface area contributed by atoms with Gasteiger partial charge in [-0.15, -0.1) is 11.3 Å². The Morgan fingerprint density at radius 2 is 1.53 bits per heavy atom. The van der Waals surface area contributed by atoms with Crippen LogP contribution in [0.15, 0.2) is 71.7 Å². The molecule has 0 fully saturated rings. The standard InChI is InChI=1S/C23H20N2O4S/c1-24(15-8-5-4-6-9-15)21-20(19-10-7-11-30-19)22(26)25(23(21)27)16-12-17(28-2)14-18(13-16)29-3/h4-14H,1-3H3. The number of likely N-dealkylation sites (N-methyl/N-ethyl adjacent to an activating group) is 1. The van der Waals surface area contributed by atoms with Gasteiger partial charge in [0.25, 0.3) is 11.8 Å². The van der Waals surface area contributed by atoms with Crippen molar-refractivity contribution in [3.63, 3.8) is 0 Å². The van der Waals surface area contributed by atoms with Crippen molar-refractivity contribution >= 4 is 40.1 Å². The molecule has 2 amide bonds. The minimum Gasteiger partial charge on any atom is -0.497 e. The highest BCUT2D eigenvalue weighted by molar-refractivity contribution is 7.11. The van der Waals surface area contributed by atoms with Gasteiger partial charge in [0.2, 0.25) is 0 Å². The van der Waals surface area contributed by atoms with E-state index in [1.54, 1.807) is 30.1 Å². The number of rotatable bonds is 6. The van der Waals surface area contributed by atoms with Gasteiger partial charge in [0.15, 0.2) is 0 Å². The van der Waals surface area contributed by atoms with Crippen LogP contribution in [0.4, 0.5) is 11.4 Å². The maximum Gasteiger partial charge on any atom is 0.282 e. The van der Waals surface area contributed by atoms with Gasteiger partial charge in [-0.25, -0.2) is 4.90 Å². The molecule has 2 heterocycles. The number of carbonyl (C=O) groups is 2. The normalized spacial score (nSPS) is 13.8. The molecule has 0 saturated carbocycles. The van der Waals surface area contributed by atoms with Crippen LogP contribution in [0.5, 0.6) is 11.5 Å². The number of benzene rings is 2. The van der Waals surface area contributed by atoms with Crippen LogP contribution in [0.1, 0.15) is 4.88 Å². The molecule has 0 saturated heterocycles. The van der Waals surface area contributed by atoms with Crippen LogP contribution in [0.3, 0.4) is 0 Å². The summed E-state index contributed by atoms with van der Waals surface area (Å²) in [5, 5.41) is 1.89. The molecule has 152 valence electrons. The van der Waals surface area contributed by atoms with E-state index < -0.39 is 5.91 Å². The zero-order chi connectivity index (χ0) is 21.3. The van der Waals surface area contributed by atoms with E-state index >= 15 is 0 Å². The van der Waals surface area contributed by atoms with Crippen molar-refractivity contribution in [2.24, 2.45) is 0 Å². The smallest absolute Gasteiger partial charge is 0.282 e. The van der Waals surface area contributed by atoms with Gasteiger partial charge in [0.05, 0.1) is 25.5 Å². The number of nitrogens with zero attached hydrogens (tertiary/aromatic N) is 2. The summed E-state index contributed by atoms with van der Waals surface area (Å²) in [5.41, 5.74) is 1.91. The summed E-state index contributed by atoms with van der Waals surface area (Å²) in [6, 6.07) is 18.2. The van der Waals surface area contributed by atoms with Crippen molar-refractivity contribution in [1.29, 1.82) is 0 Å². The monoisotopic (exact) mass is 420 g/mol. The first-order valence-electron chi connectivity index (χ1n) is 9.24. The lowest BCUT2D eigenvalue weighted by molar-refractivity contribution is -0.120. The second kappa shape index (κ2) is 8.04. The summed E-state index contributed by atoms with van der Waals surface area (Å²) >= 11 is 1.42. The van der Waals surface area contributed by atoms with Crippen molar-refractivity contribution < 1.29 is 19.1 Å². The van der Waals surface area contributed by atoms with Crippen LogP contribution < -0.4 is 19.3 Å². The Bertz CT molecular complexity index is 1100. The highest BCUT2D eigenvalue weighted by Crippen LogP contribution is 2.39. The van der Waals surface area contributed by atoms with Crippen molar-refractivity contribution in [2.45, 2.75) is 0 Å². The zero-order valence-corrected chi connectivity index (χ0v) is 17.6. The predicted molar refractivity (Wildman–Crippen MR) is 118 cm³/mol. The molecule has 6 nitrogen and oxygen atoms in total. The summed E-state index contributed by atoms with van der Waals surface area (Å²) in [6.45, 7) is 0. The third-order valence-corrected chi connectivity index (χ3v) is 5.79. The number of amides is 2. The summed E-state index contributed by atoms with van der Waals surface area (Å²) in [4.78, 5) is 30.7. The Labute approximate surface area is 178 Å². The Balaban J connectivity index is 1.85. The van der Waals surface area contributed by atoms with Gasteiger partial charge < -0.3 is 14.4 Å². The van der Waals surface area contributed by atoms with Crippen LogP contribution in [-0.2, 0) is 9.59 Å². The van der Waals surface area contributed by atoms with Crippen molar-refractivity contribution in [1.82, 2.24) is 0 Å². The molecule has 2 aromatic carbocycles. The molecule has 0 spiro atoms. The van der Waals surface area contributed by atoms with Crippen molar-refractivity contribution in [3.8, 4) is 11.5 Å². The Kier molecular flexibility index (Phi) is 5.29. The number of carbonyl (C=O) groups excluding carboxylic acids is 2. The Morgan fingerprint density at radius 1 is 0.867 bits per heavy atom. The molecule has 7 heteroatoms. The van der Waals surface area contributed by atoms with Gasteiger partial charge in [-0.05, 0) is 23.6 Å². The van der Waals surface area contributed by atoms with Crippen LogP contribution >= 0.6 is 11.3 Å². The molecule has 3 aromatic rings. The molecule has 4 rings (SSSR count). The third kappa shape index (κ3) is 3.33. The first kappa shape index (κ1) is 19.7. The van der Waals surface area contributed by atoms with Gasteiger partial charge in [-0.1, -0.05) is 24.3 Å². The lowest BCUT2D eigenvalue weighted by atomic mass is 10.1. The first-order valence-corrected chi connectivity index (χ1v) is 10.1. The lowest BCUT2D eigenvalue weighted by Crippen LogP contribution is -2.34. The van der Waals surface area contributed by atoms with E-state index in [0.29, 0.717) is 28.5 Å². The van der Waals surface area contributed by atoms with E-state index in [2.05, 4.69) is 0 Å². The maximum absolute atomic E-state index is 13.6. The molecule has 0 aliphatic carbocycles. The van der Waals surface area contributed by atoms with Gasteiger partial charge in [-0.3, -0.25) is 9.59 Å². The fourth-order valence-corrected chi connectivity index (χ4v) is 4.17. The fraction of sp³-hybridized carbons (Fsp3) is 0.130. The van der Waals surface area contributed by atoms with Crippen LogP contribution in [0, 0.1) is 0 Å². The average Bonchev–Trinajstić information content (AvgIpc) is 3.39. The highest BCUT2D eigenvalue weighted by atomic mass is 32.1. The number of hydrogen-bond acceptors (Lipinski definition) is 6. The minimum absolute atomic E-state index is 0.329. The van der Waals surface area contributed by atoms with E-state index in [9.17, 15) is 9.59 Å². The van der Waals surface area contributed by atoms with Crippen molar-refractivity contribution in [3.05, 3.63) is 76.6 Å². The van der Waals surface area contributed by atoms with Gasteiger partial charge in [0, 0.05) is 35.8 Å². The third-order valence-electron chi connectivity index (χ3n) is 4.90. The van der Waals surface area contributed by atoms with E-state index in [1.165, 1.54) is 30.5 Å². The molecule has 1 aliphatic heterocycles. The van der Waals surface area contributed by atoms with E-state index in [4.69, 9.17) is 9.47 Å². The van der Waals surface area contributed by atoms with Gasteiger partial charge in [-0.2, -0.15) is 0 Å². The quantitative estimate of drug-likeness (QED) is 0.560. The molecule has 1 aromatic heterocycles. The number of para-hydroxylation sites is 1. The summed E-state index contributed by atoms with van der Waals surface area (Å²) in [5.74, 6) is 0.209. The maximum atomic E-state index is 13.6. The summed E-state index contributed by atoms with van der Waals surface area (Å²) in [7, 11) is 4.84. The Morgan fingerprint density at radius 3 is 2.10 bits per heavy atom.